The van der Waals surface area contributed by atoms with Crippen molar-refractivity contribution in [3.63, 3.8) is 0 Å². The van der Waals surface area contributed by atoms with Crippen molar-refractivity contribution < 1.29 is 0 Å². The topological polar surface area (TPSA) is 15.3 Å². The standard InChI is InChI=1S/C17H34N2/c1-3-12-18-15(2)8-6-13-19-14-7-11-17(19)16-9-4-5-10-16/h15-18H,3-14H2,1-2H3. The summed E-state index contributed by atoms with van der Waals surface area (Å²) in [5.74, 6) is 1.04. The van der Waals surface area contributed by atoms with Gasteiger partial charge in [-0.25, -0.2) is 0 Å². The van der Waals surface area contributed by atoms with E-state index in [1.54, 1.807) is 0 Å². The molecule has 2 heteroatoms. The summed E-state index contributed by atoms with van der Waals surface area (Å²) in [5.41, 5.74) is 0. The van der Waals surface area contributed by atoms with Crippen LogP contribution in [-0.4, -0.2) is 36.6 Å². The molecular weight excluding hydrogens is 232 g/mol. The van der Waals surface area contributed by atoms with Crippen LogP contribution in [0.3, 0.4) is 0 Å². The summed E-state index contributed by atoms with van der Waals surface area (Å²) < 4.78 is 0. The molecule has 19 heavy (non-hydrogen) atoms. The first-order valence-corrected chi connectivity index (χ1v) is 8.78. The zero-order valence-corrected chi connectivity index (χ0v) is 13.2. The molecular formula is C17H34N2. The van der Waals surface area contributed by atoms with Crippen LogP contribution in [-0.2, 0) is 0 Å². The van der Waals surface area contributed by atoms with Gasteiger partial charge in [-0.1, -0.05) is 19.8 Å². The molecule has 1 N–H and O–H groups in total. The average Bonchev–Trinajstić information content (AvgIpc) is 3.06. The third-order valence-corrected chi connectivity index (χ3v) is 5.18. The molecule has 2 rings (SSSR count). The van der Waals surface area contributed by atoms with Crippen molar-refractivity contribution in [3.05, 3.63) is 0 Å². The van der Waals surface area contributed by atoms with Crippen LogP contribution in [0, 0.1) is 5.92 Å². The van der Waals surface area contributed by atoms with E-state index < -0.39 is 0 Å². The van der Waals surface area contributed by atoms with Gasteiger partial charge in [0.2, 0.25) is 0 Å². The number of hydrogen-bond acceptors (Lipinski definition) is 2. The van der Waals surface area contributed by atoms with E-state index >= 15 is 0 Å². The molecule has 1 heterocycles. The SMILES string of the molecule is CCCNC(C)CCCN1CCCC1C1CCCC1. The molecule has 2 fully saturated rings. The van der Waals surface area contributed by atoms with Crippen molar-refractivity contribution in [2.45, 2.75) is 83.7 Å². The Morgan fingerprint density at radius 2 is 1.95 bits per heavy atom. The second-order valence-corrected chi connectivity index (χ2v) is 6.79. The van der Waals surface area contributed by atoms with E-state index in [0.717, 1.165) is 12.0 Å². The Bertz CT molecular complexity index is 235. The molecule has 1 aliphatic carbocycles. The molecule has 2 atom stereocenters. The second kappa shape index (κ2) is 8.26. The second-order valence-electron chi connectivity index (χ2n) is 6.79. The Balaban J connectivity index is 1.64. The van der Waals surface area contributed by atoms with Gasteiger partial charge in [0.05, 0.1) is 0 Å². The minimum absolute atomic E-state index is 0.701. The predicted molar refractivity (Wildman–Crippen MR) is 83.5 cm³/mol. The number of hydrogen-bond donors (Lipinski definition) is 1. The Labute approximate surface area is 120 Å². The van der Waals surface area contributed by atoms with Gasteiger partial charge in [0.15, 0.2) is 0 Å². The van der Waals surface area contributed by atoms with Gasteiger partial charge in [-0.15, -0.1) is 0 Å². The summed E-state index contributed by atoms with van der Waals surface area (Å²) in [7, 11) is 0. The van der Waals surface area contributed by atoms with E-state index in [1.807, 2.05) is 0 Å². The quantitative estimate of drug-likeness (QED) is 0.718. The van der Waals surface area contributed by atoms with Crippen molar-refractivity contribution in [2.24, 2.45) is 5.92 Å². The van der Waals surface area contributed by atoms with Crippen molar-refractivity contribution in [3.8, 4) is 0 Å². The normalized spacial score (nSPS) is 27.2. The number of nitrogens with zero attached hydrogens (tertiary/aromatic N) is 1. The van der Waals surface area contributed by atoms with E-state index in [2.05, 4.69) is 24.1 Å². The van der Waals surface area contributed by atoms with Crippen molar-refractivity contribution in [1.29, 1.82) is 0 Å². The maximum absolute atomic E-state index is 3.61. The first-order valence-electron chi connectivity index (χ1n) is 8.78. The Morgan fingerprint density at radius 1 is 1.16 bits per heavy atom. The lowest BCUT2D eigenvalue weighted by Gasteiger charge is -2.29. The minimum atomic E-state index is 0.701. The van der Waals surface area contributed by atoms with E-state index in [0.29, 0.717) is 6.04 Å². The molecule has 0 bridgehead atoms. The average molecular weight is 266 g/mol. The first-order chi connectivity index (χ1) is 9.31. The summed E-state index contributed by atoms with van der Waals surface area (Å²) in [5, 5.41) is 3.61. The summed E-state index contributed by atoms with van der Waals surface area (Å²) in [4.78, 5) is 2.82. The highest BCUT2D eigenvalue weighted by Gasteiger charge is 2.32. The fourth-order valence-corrected chi connectivity index (χ4v) is 4.10. The molecule has 0 aromatic rings. The van der Waals surface area contributed by atoms with Gasteiger partial charge < -0.3 is 10.2 Å². The highest BCUT2D eigenvalue weighted by atomic mass is 15.2. The molecule has 0 spiro atoms. The lowest BCUT2D eigenvalue weighted by molar-refractivity contribution is 0.186. The fourth-order valence-electron chi connectivity index (χ4n) is 4.10. The smallest absolute Gasteiger partial charge is 0.0124 e. The van der Waals surface area contributed by atoms with E-state index in [-0.39, 0.29) is 0 Å². The molecule has 0 radical (unpaired) electrons. The molecule has 0 amide bonds. The first kappa shape index (κ1) is 15.3. The molecule has 2 unspecified atom stereocenters. The number of nitrogens with one attached hydrogen (secondary N) is 1. The van der Waals surface area contributed by atoms with Crippen LogP contribution in [0.5, 0.6) is 0 Å². The Hall–Kier alpha value is -0.0800. The van der Waals surface area contributed by atoms with Crippen molar-refractivity contribution in [1.82, 2.24) is 10.2 Å². The summed E-state index contributed by atoms with van der Waals surface area (Å²) in [6, 6.07) is 1.65. The molecule has 1 aliphatic heterocycles. The van der Waals surface area contributed by atoms with E-state index in [1.165, 1.54) is 77.4 Å². The summed E-state index contributed by atoms with van der Waals surface area (Å²) >= 11 is 0. The van der Waals surface area contributed by atoms with Crippen LogP contribution in [0.1, 0.15) is 71.6 Å². The monoisotopic (exact) mass is 266 g/mol. The lowest BCUT2D eigenvalue weighted by atomic mass is 9.96. The number of rotatable bonds is 8. The van der Waals surface area contributed by atoms with Crippen molar-refractivity contribution >= 4 is 0 Å². The maximum Gasteiger partial charge on any atom is 0.0124 e. The van der Waals surface area contributed by atoms with Crippen molar-refractivity contribution in [2.75, 3.05) is 19.6 Å². The third-order valence-electron chi connectivity index (χ3n) is 5.18. The lowest BCUT2D eigenvalue weighted by Crippen LogP contribution is -2.36. The van der Waals surface area contributed by atoms with Gasteiger partial charge in [-0.2, -0.15) is 0 Å². The zero-order valence-electron chi connectivity index (χ0n) is 13.2. The zero-order chi connectivity index (χ0) is 13.5. The molecule has 1 saturated carbocycles. The van der Waals surface area contributed by atoms with Gasteiger partial charge in [-0.3, -0.25) is 0 Å². The van der Waals surface area contributed by atoms with Gasteiger partial charge in [-0.05, 0) is 77.4 Å². The van der Waals surface area contributed by atoms with Crippen LogP contribution in [0.2, 0.25) is 0 Å². The fraction of sp³-hybridized carbons (Fsp3) is 1.00. The largest absolute Gasteiger partial charge is 0.314 e. The predicted octanol–water partition coefficient (Wildman–Crippen LogP) is 3.81. The molecule has 112 valence electrons. The highest BCUT2D eigenvalue weighted by Crippen LogP contribution is 2.35. The maximum atomic E-state index is 3.61. The van der Waals surface area contributed by atoms with Crippen LogP contribution in [0.4, 0.5) is 0 Å². The molecule has 0 aromatic carbocycles. The minimum Gasteiger partial charge on any atom is -0.314 e. The van der Waals surface area contributed by atoms with Gasteiger partial charge >= 0.3 is 0 Å². The van der Waals surface area contributed by atoms with Crippen LogP contribution in [0.15, 0.2) is 0 Å². The Kier molecular flexibility index (Phi) is 6.66. The molecule has 1 saturated heterocycles. The van der Waals surface area contributed by atoms with Gasteiger partial charge in [0, 0.05) is 12.1 Å². The van der Waals surface area contributed by atoms with Gasteiger partial charge in [0.25, 0.3) is 0 Å². The van der Waals surface area contributed by atoms with Crippen LogP contribution < -0.4 is 5.32 Å². The summed E-state index contributed by atoms with van der Waals surface area (Å²) in [6.07, 6.45) is 12.9. The third kappa shape index (κ3) is 4.75. The summed E-state index contributed by atoms with van der Waals surface area (Å²) in [6.45, 7) is 8.48. The highest BCUT2D eigenvalue weighted by molar-refractivity contribution is 4.87. The Morgan fingerprint density at radius 3 is 2.68 bits per heavy atom. The van der Waals surface area contributed by atoms with Crippen LogP contribution in [0.25, 0.3) is 0 Å². The van der Waals surface area contributed by atoms with E-state index in [4.69, 9.17) is 0 Å². The molecule has 2 aliphatic rings. The molecule has 2 nitrogen and oxygen atoms in total. The number of likely N-dealkylation sites (tertiary alicyclic amines) is 1. The van der Waals surface area contributed by atoms with Crippen LogP contribution >= 0.6 is 0 Å². The van der Waals surface area contributed by atoms with E-state index in [9.17, 15) is 0 Å². The molecule has 0 aromatic heterocycles. The van der Waals surface area contributed by atoms with Gasteiger partial charge in [0.1, 0.15) is 0 Å².